The smallest absolute Gasteiger partial charge is 0.223 e. The lowest BCUT2D eigenvalue weighted by atomic mass is 9.90. The van der Waals surface area contributed by atoms with E-state index in [1.807, 2.05) is 37.1 Å². The Morgan fingerprint density at radius 2 is 1.86 bits per heavy atom. The molecule has 1 aromatic rings. The van der Waals surface area contributed by atoms with Crippen molar-refractivity contribution in [3.63, 3.8) is 0 Å². The van der Waals surface area contributed by atoms with Gasteiger partial charge in [0.2, 0.25) is 5.91 Å². The first-order valence-electron chi connectivity index (χ1n) is 7.92. The van der Waals surface area contributed by atoms with Crippen LogP contribution >= 0.6 is 11.3 Å². The molecule has 0 aromatic carbocycles. The van der Waals surface area contributed by atoms with Gasteiger partial charge in [0.25, 0.3) is 0 Å². The van der Waals surface area contributed by atoms with Crippen LogP contribution in [0.1, 0.15) is 32.1 Å². The third-order valence-electron chi connectivity index (χ3n) is 4.09. The second kappa shape index (κ2) is 7.38. The van der Waals surface area contributed by atoms with Crippen LogP contribution < -0.4 is 0 Å². The molecule has 2 rings (SSSR count). The van der Waals surface area contributed by atoms with Crippen LogP contribution in [0.15, 0.2) is 17.5 Å². The molecule has 1 saturated heterocycles. The van der Waals surface area contributed by atoms with Gasteiger partial charge in [-0.25, -0.2) is 0 Å². The topological polar surface area (TPSA) is 40.6 Å². The molecule has 0 radical (unpaired) electrons. The number of hydrogen-bond acceptors (Lipinski definition) is 4. The highest BCUT2D eigenvalue weighted by atomic mass is 32.1. The zero-order valence-electron chi connectivity index (χ0n) is 13.8. The summed E-state index contributed by atoms with van der Waals surface area (Å²) in [6, 6.07) is 4.10. The van der Waals surface area contributed by atoms with Crippen molar-refractivity contribution in [1.82, 2.24) is 9.80 Å². The van der Waals surface area contributed by atoms with Crippen molar-refractivity contribution < 1.29 is 9.59 Å². The molecule has 0 bridgehead atoms. The quantitative estimate of drug-likeness (QED) is 0.836. The summed E-state index contributed by atoms with van der Waals surface area (Å²) >= 11 is 1.70. The lowest BCUT2D eigenvalue weighted by Gasteiger charge is -2.35. The Balaban J connectivity index is 1.72. The molecular formula is C17H26N2O2S. The SMILES string of the molecule is CC(C)(C)C(=O)CN1CCN(C(=O)CCc2cccs2)CC1. The number of ketones is 1. The van der Waals surface area contributed by atoms with E-state index >= 15 is 0 Å². The molecule has 1 amide bonds. The first-order valence-corrected chi connectivity index (χ1v) is 8.80. The molecule has 0 unspecified atom stereocenters. The van der Waals surface area contributed by atoms with Crippen molar-refractivity contribution in [2.24, 2.45) is 5.41 Å². The monoisotopic (exact) mass is 322 g/mol. The highest BCUT2D eigenvalue weighted by Crippen LogP contribution is 2.16. The first kappa shape index (κ1) is 17.2. The maximum Gasteiger partial charge on any atom is 0.223 e. The van der Waals surface area contributed by atoms with Gasteiger partial charge in [0.05, 0.1) is 6.54 Å². The largest absolute Gasteiger partial charge is 0.340 e. The predicted octanol–water partition coefficient (Wildman–Crippen LogP) is 2.44. The van der Waals surface area contributed by atoms with Crippen LogP contribution in [0.25, 0.3) is 0 Å². The molecular weight excluding hydrogens is 296 g/mol. The number of hydrogen-bond donors (Lipinski definition) is 0. The van der Waals surface area contributed by atoms with Crippen molar-refractivity contribution in [2.45, 2.75) is 33.6 Å². The van der Waals surface area contributed by atoms with Gasteiger partial charge in [0.1, 0.15) is 0 Å². The van der Waals surface area contributed by atoms with Crippen LogP contribution in [-0.4, -0.2) is 54.2 Å². The number of carbonyl (C=O) groups excluding carboxylic acids is 2. The zero-order chi connectivity index (χ0) is 16.2. The molecule has 0 N–H and O–H groups in total. The van der Waals surface area contributed by atoms with Crippen molar-refractivity contribution in [2.75, 3.05) is 32.7 Å². The maximum atomic E-state index is 12.2. The van der Waals surface area contributed by atoms with Gasteiger partial charge < -0.3 is 4.90 Å². The first-order chi connectivity index (χ1) is 10.4. The molecule has 2 heterocycles. The number of rotatable bonds is 5. The van der Waals surface area contributed by atoms with E-state index in [9.17, 15) is 9.59 Å². The summed E-state index contributed by atoms with van der Waals surface area (Å²) in [7, 11) is 0. The van der Waals surface area contributed by atoms with Gasteiger partial charge in [-0.1, -0.05) is 26.8 Å². The minimum Gasteiger partial charge on any atom is -0.340 e. The van der Waals surface area contributed by atoms with Gasteiger partial charge >= 0.3 is 0 Å². The Bertz CT molecular complexity index is 497. The summed E-state index contributed by atoms with van der Waals surface area (Å²) in [5, 5.41) is 2.05. The summed E-state index contributed by atoms with van der Waals surface area (Å²) in [5.41, 5.74) is -0.284. The van der Waals surface area contributed by atoms with Crippen LogP contribution in [-0.2, 0) is 16.0 Å². The number of carbonyl (C=O) groups is 2. The molecule has 0 aliphatic carbocycles. The second-order valence-corrected chi connectivity index (χ2v) is 7.94. The van der Waals surface area contributed by atoms with E-state index in [4.69, 9.17) is 0 Å². The van der Waals surface area contributed by atoms with E-state index in [1.165, 1.54) is 4.88 Å². The lowest BCUT2D eigenvalue weighted by Crippen LogP contribution is -2.50. The predicted molar refractivity (Wildman–Crippen MR) is 90.1 cm³/mol. The molecule has 5 heteroatoms. The van der Waals surface area contributed by atoms with Gasteiger partial charge in [-0.2, -0.15) is 0 Å². The number of thiophene rings is 1. The number of nitrogens with zero attached hydrogens (tertiary/aromatic N) is 2. The van der Waals surface area contributed by atoms with Crippen LogP contribution in [0.2, 0.25) is 0 Å². The van der Waals surface area contributed by atoms with Crippen molar-refractivity contribution in [3.05, 3.63) is 22.4 Å². The molecule has 1 aliphatic rings. The summed E-state index contributed by atoms with van der Waals surface area (Å²) in [5.74, 6) is 0.500. The number of Topliss-reactive ketones (excluding diaryl/α,β-unsaturated/α-hetero) is 1. The van der Waals surface area contributed by atoms with Crippen LogP contribution in [0.5, 0.6) is 0 Å². The maximum absolute atomic E-state index is 12.2. The molecule has 0 spiro atoms. The zero-order valence-corrected chi connectivity index (χ0v) is 14.6. The minimum atomic E-state index is -0.284. The number of piperazine rings is 1. The van der Waals surface area contributed by atoms with Crippen molar-refractivity contribution in [1.29, 1.82) is 0 Å². The fraction of sp³-hybridized carbons (Fsp3) is 0.647. The van der Waals surface area contributed by atoms with E-state index in [0.29, 0.717) is 13.0 Å². The van der Waals surface area contributed by atoms with Crippen molar-refractivity contribution in [3.8, 4) is 0 Å². The van der Waals surface area contributed by atoms with Crippen LogP contribution in [0.3, 0.4) is 0 Å². The average Bonchev–Trinajstić information content (AvgIpc) is 2.98. The summed E-state index contributed by atoms with van der Waals surface area (Å²) in [4.78, 5) is 29.7. The molecule has 1 aliphatic heterocycles. The lowest BCUT2D eigenvalue weighted by molar-refractivity contribution is -0.133. The van der Waals surface area contributed by atoms with E-state index in [1.54, 1.807) is 11.3 Å². The molecule has 1 fully saturated rings. The Kier molecular flexibility index (Phi) is 5.75. The van der Waals surface area contributed by atoms with E-state index in [0.717, 1.165) is 32.6 Å². The Hall–Kier alpha value is -1.20. The Labute approximate surface area is 137 Å². The summed E-state index contributed by atoms with van der Waals surface area (Å²) in [6.07, 6.45) is 1.42. The third-order valence-corrected chi connectivity index (χ3v) is 5.03. The van der Waals surface area contributed by atoms with E-state index in [2.05, 4.69) is 11.0 Å². The molecule has 22 heavy (non-hydrogen) atoms. The van der Waals surface area contributed by atoms with Gasteiger partial charge in [0.15, 0.2) is 5.78 Å². The summed E-state index contributed by atoms with van der Waals surface area (Å²) < 4.78 is 0. The standard InChI is InChI=1S/C17H26N2O2S/c1-17(2,3)15(20)13-18-8-10-19(11-9-18)16(21)7-6-14-5-4-12-22-14/h4-5,12H,6-11,13H2,1-3H3. The fourth-order valence-corrected chi connectivity index (χ4v) is 3.15. The average molecular weight is 322 g/mol. The molecule has 0 atom stereocenters. The van der Waals surface area contributed by atoms with Crippen LogP contribution in [0, 0.1) is 5.41 Å². The van der Waals surface area contributed by atoms with Gasteiger partial charge in [-0.05, 0) is 17.9 Å². The molecule has 1 aromatic heterocycles. The van der Waals surface area contributed by atoms with E-state index < -0.39 is 0 Å². The minimum absolute atomic E-state index is 0.232. The molecule has 4 nitrogen and oxygen atoms in total. The third kappa shape index (κ3) is 4.92. The summed E-state index contributed by atoms with van der Waals surface area (Å²) in [6.45, 7) is 9.44. The van der Waals surface area contributed by atoms with Gasteiger partial charge in [-0.15, -0.1) is 11.3 Å². The molecule has 0 saturated carbocycles. The van der Waals surface area contributed by atoms with E-state index in [-0.39, 0.29) is 17.1 Å². The Morgan fingerprint density at radius 1 is 1.18 bits per heavy atom. The van der Waals surface area contributed by atoms with Gasteiger partial charge in [0, 0.05) is 42.9 Å². The normalized spacial score (nSPS) is 16.8. The highest BCUT2D eigenvalue weighted by molar-refractivity contribution is 7.09. The van der Waals surface area contributed by atoms with Crippen LogP contribution in [0.4, 0.5) is 0 Å². The second-order valence-electron chi connectivity index (χ2n) is 6.91. The fourth-order valence-electron chi connectivity index (χ4n) is 2.44. The number of aryl methyl sites for hydroxylation is 1. The number of amides is 1. The van der Waals surface area contributed by atoms with Gasteiger partial charge in [-0.3, -0.25) is 14.5 Å². The Morgan fingerprint density at radius 3 is 2.41 bits per heavy atom. The molecule has 122 valence electrons. The van der Waals surface area contributed by atoms with Crippen molar-refractivity contribution >= 4 is 23.0 Å². The highest BCUT2D eigenvalue weighted by Gasteiger charge is 2.26.